The van der Waals surface area contributed by atoms with Crippen molar-refractivity contribution in [1.82, 2.24) is 9.78 Å². The summed E-state index contributed by atoms with van der Waals surface area (Å²) >= 11 is 18.6. The van der Waals surface area contributed by atoms with Crippen molar-refractivity contribution in [3.05, 3.63) is 62.6 Å². The van der Waals surface area contributed by atoms with Crippen molar-refractivity contribution in [2.75, 3.05) is 11.9 Å². The number of nitrogens with one attached hydrogen (secondary N) is 1. The van der Waals surface area contributed by atoms with Crippen LogP contribution < -0.4 is 5.32 Å². The van der Waals surface area contributed by atoms with Gasteiger partial charge in [0.2, 0.25) is 0 Å². The van der Waals surface area contributed by atoms with E-state index in [-0.39, 0.29) is 10.7 Å². The van der Waals surface area contributed by atoms with Gasteiger partial charge in [-0.1, -0.05) is 34.8 Å². The molecule has 0 amide bonds. The van der Waals surface area contributed by atoms with E-state index in [0.717, 1.165) is 17.7 Å². The van der Waals surface area contributed by atoms with Gasteiger partial charge in [-0.05, 0) is 42.8 Å². The predicted molar refractivity (Wildman–Crippen MR) is 101 cm³/mol. The van der Waals surface area contributed by atoms with Crippen LogP contribution in [0.1, 0.15) is 11.1 Å². The summed E-state index contributed by atoms with van der Waals surface area (Å²) in [6, 6.07) is 8.14. The summed E-state index contributed by atoms with van der Waals surface area (Å²) in [5.74, 6) is 0.599. The van der Waals surface area contributed by atoms with Crippen LogP contribution >= 0.6 is 34.8 Å². The average Bonchev–Trinajstić information content (AvgIpc) is 3.19. The minimum atomic E-state index is -4.48. The fraction of sp³-hybridized carbons (Fsp3) is 0.167. The van der Waals surface area contributed by atoms with Gasteiger partial charge in [0.05, 0.1) is 27.0 Å². The Kier molecular flexibility index (Phi) is 4.53. The molecule has 1 aromatic heterocycles. The lowest BCUT2D eigenvalue weighted by Crippen LogP contribution is -2.09. The van der Waals surface area contributed by atoms with Crippen molar-refractivity contribution in [3.8, 4) is 16.9 Å². The molecule has 0 unspecified atom stereocenters. The van der Waals surface area contributed by atoms with Crippen molar-refractivity contribution >= 4 is 40.6 Å². The van der Waals surface area contributed by atoms with Gasteiger partial charge in [0.15, 0.2) is 0 Å². The summed E-state index contributed by atoms with van der Waals surface area (Å²) in [4.78, 5) is 0. The van der Waals surface area contributed by atoms with Crippen LogP contribution in [0.15, 0.2) is 36.4 Å². The molecule has 0 saturated carbocycles. The summed E-state index contributed by atoms with van der Waals surface area (Å²) < 4.78 is 40.8. The highest BCUT2D eigenvalue weighted by Gasteiger charge is 2.32. The molecule has 2 heterocycles. The zero-order chi connectivity index (χ0) is 19.3. The molecule has 0 fully saturated rings. The third kappa shape index (κ3) is 3.26. The number of rotatable bonds is 2. The molecule has 1 aliphatic rings. The van der Waals surface area contributed by atoms with Crippen molar-refractivity contribution in [2.45, 2.75) is 12.6 Å². The first-order chi connectivity index (χ1) is 12.8. The Labute approximate surface area is 167 Å². The predicted octanol–water partition coefficient (Wildman–Crippen LogP) is 6.49. The molecule has 3 aromatic rings. The van der Waals surface area contributed by atoms with Crippen molar-refractivity contribution in [1.29, 1.82) is 0 Å². The van der Waals surface area contributed by atoms with Crippen molar-refractivity contribution in [3.63, 3.8) is 0 Å². The van der Waals surface area contributed by atoms with E-state index in [4.69, 9.17) is 34.8 Å². The quantitative estimate of drug-likeness (QED) is 0.502. The zero-order valence-electron chi connectivity index (χ0n) is 13.5. The van der Waals surface area contributed by atoms with Crippen LogP contribution in [0.4, 0.5) is 19.0 Å². The molecule has 0 saturated heterocycles. The number of anilines is 1. The SMILES string of the molecule is FC(F)(F)c1ccc(Cl)c(-n2nc(-c3cc(Cl)ccc3Cl)c3c2NCC3)c1. The van der Waals surface area contributed by atoms with E-state index in [2.05, 4.69) is 10.4 Å². The highest BCUT2D eigenvalue weighted by Crippen LogP contribution is 2.40. The number of hydrogen-bond acceptors (Lipinski definition) is 2. The van der Waals surface area contributed by atoms with Crippen LogP contribution in [0, 0.1) is 0 Å². The average molecular weight is 433 g/mol. The summed E-state index contributed by atoms with van der Waals surface area (Å²) in [7, 11) is 0. The van der Waals surface area contributed by atoms with Crippen LogP contribution in [0.3, 0.4) is 0 Å². The van der Waals surface area contributed by atoms with E-state index in [1.165, 1.54) is 10.7 Å². The Hall–Kier alpha value is -1.89. The maximum Gasteiger partial charge on any atom is 0.416 e. The van der Waals surface area contributed by atoms with Gasteiger partial charge in [0, 0.05) is 22.7 Å². The molecular formula is C18H11Cl3F3N3. The van der Waals surface area contributed by atoms with Gasteiger partial charge in [-0.15, -0.1) is 0 Å². The highest BCUT2D eigenvalue weighted by molar-refractivity contribution is 6.35. The molecule has 0 bridgehead atoms. The topological polar surface area (TPSA) is 29.9 Å². The summed E-state index contributed by atoms with van der Waals surface area (Å²) in [5.41, 5.74) is 1.38. The van der Waals surface area contributed by atoms with E-state index in [1.807, 2.05) is 0 Å². The monoisotopic (exact) mass is 431 g/mol. The summed E-state index contributed by atoms with van der Waals surface area (Å²) in [6.45, 7) is 0.634. The van der Waals surface area contributed by atoms with E-state index < -0.39 is 11.7 Å². The summed E-state index contributed by atoms with van der Waals surface area (Å²) in [6.07, 6.45) is -3.83. The van der Waals surface area contributed by atoms with Gasteiger partial charge in [0.1, 0.15) is 5.82 Å². The third-order valence-corrected chi connectivity index (χ3v) is 5.22. The molecule has 0 atom stereocenters. The first kappa shape index (κ1) is 18.5. The lowest BCUT2D eigenvalue weighted by atomic mass is 10.1. The number of nitrogens with zero attached hydrogens (tertiary/aromatic N) is 2. The number of fused-ring (bicyclic) bond motifs is 1. The van der Waals surface area contributed by atoms with E-state index in [0.29, 0.717) is 40.1 Å². The third-order valence-electron chi connectivity index (χ3n) is 4.34. The first-order valence-electron chi connectivity index (χ1n) is 7.94. The highest BCUT2D eigenvalue weighted by atomic mass is 35.5. The Morgan fingerprint density at radius 3 is 2.48 bits per heavy atom. The lowest BCUT2D eigenvalue weighted by Gasteiger charge is -2.12. The van der Waals surface area contributed by atoms with Gasteiger partial charge in [-0.25, -0.2) is 4.68 Å². The minimum absolute atomic E-state index is 0.140. The number of benzene rings is 2. The largest absolute Gasteiger partial charge is 0.416 e. The molecule has 27 heavy (non-hydrogen) atoms. The second kappa shape index (κ2) is 6.62. The molecule has 1 aliphatic heterocycles. The van der Waals surface area contributed by atoms with Gasteiger partial charge in [-0.3, -0.25) is 0 Å². The van der Waals surface area contributed by atoms with E-state index in [1.54, 1.807) is 18.2 Å². The minimum Gasteiger partial charge on any atom is -0.369 e. The second-order valence-electron chi connectivity index (χ2n) is 6.05. The van der Waals surface area contributed by atoms with Crippen LogP contribution in [0.5, 0.6) is 0 Å². The first-order valence-corrected chi connectivity index (χ1v) is 9.07. The molecule has 0 spiro atoms. The molecule has 1 N–H and O–H groups in total. The molecule has 0 radical (unpaired) electrons. The van der Waals surface area contributed by atoms with Crippen LogP contribution in [-0.4, -0.2) is 16.3 Å². The van der Waals surface area contributed by atoms with E-state index in [9.17, 15) is 13.2 Å². The van der Waals surface area contributed by atoms with Crippen LogP contribution in [0.2, 0.25) is 15.1 Å². The maximum atomic E-state index is 13.1. The number of hydrogen-bond donors (Lipinski definition) is 1. The maximum absolute atomic E-state index is 13.1. The second-order valence-corrected chi connectivity index (χ2v) is 7.30. The normalized spacial score (nSPS) is 13.6. The lowest BCUT2D eigenvalue weighted by molar-refractivity contribution is -0.137. The fourth-order valence-electron chi connectivity index (χ4n) is 3.10. The van der Waals surface area contributed by atoms with Gasteiger partial charge < -0.3 is 5.32 Å². The molecule has 140 valence electrons. The molecule has 4 rings (SSSR count). The molecule has 9 heteroatoms. The molecule has 2 aromatic carbocycles. The smallest absolute Gasteiger partial charge is 0.369 e. The van der Waals surface area contributed by atoms with Crippen LogP contribution in [-0.2, 0) is 12.6 Å². The molecular weight excluding hydrogens is 422 g/mol. The van der Waals surface area contributed by atoms with E-state index >= 15 is 0 Å². The molecule has 0 aliphatic carbocycles. The van der Waals surface area contributed by atoms with Gasteiger partial charge in [-0.2, -0.15) is 18.3 Å². The van der Waals surface area contributed by atoms with Crippen molar-refractivity contribution < 1.29 is 13.2 Å². The van der Waals surface area contributed by atoms with Crippen molar-refractivity contribution in [2.24, 2.45) is 0 Å². The fourth-order valence-corrected chi connectivity index (χ4v) is 3.67. The standard InChI is InChI=1S/C18H11Cl3F3N3/c19-10-2-4-13(20)12(8-10)16-11-5-6-25-17(11)27(26-16)15-7-9(18(22,23)24)1-3-14(15)21/h1-4,7-8,25H,5-6H2. The zero-order valence-corrected chi connectivity index (χ0v) is 15.8. The Morgan fingerprint density at radius 2 is 1.74 bits per heavy atom. The van der Waals surface area contributed by atoms with Crippen LogP contribution in [0.25, 0.3) is 16.9 Å². The number of alkyl halides is 3. The summed E-state index contributed by atoms with van der Waals surface area (Å²) in [5, 5.41) is 8.78. The number of aromatic nitrogens is 2. The molecule has 3 nitrogen and oxygen atoms in total. The Balaban J connectivity index is 1.93. The Morgan fingerprint density at radius 1 is 1.00 bits per heavy atom. The van der Waals surface area contributed by atoms with Gasteiger partial charge >= 0.3 is 6.18 Å². The van der Waals surface area contributed by atoms with Gasteiger partial charge in [0.25, 0.3) is 0 Å². The number of halogens is 6. The Bertz CT molecular complexity index is 1040.